The van der Waals surface area contributed by atoms with Crippen molar-refractivity contribution in [3.05, 3.63) is 0 Å². The summed E-state index contributed by atoms with van der Waals surface area (Å²) in [6.45, 7) is 3.22. The Morgan fingerprint density at radius 1 is 0.893 bits per heavy atom. The molecule has 0 heterocycles. The number of carboxylic acid groups (broad SMARTS) is 1. The molecule has 0 aliphatic carbocycles. The third-order valence-electron chi connectivity index (χ3n) is 3.62. The van der Waals surface area contributed by atoms with Crippen LogP contribution in [0.3, 0.4) is 0 Å². The van der Waals surface area contributed by atoms with Crippen LogP contribution in [0.15, 0.2) is 0 Å². The van der Waals surface area contributed by atoms with Gasteiger partial charge in [-0.15, -0.1) is 0 Å². The Bertz CT molecular complexity index is 603. The monoisotopic (exact) mass is 437 g/mol. The second-order valence-corrected chi connectivity index (χ2v) is 7.06. The maximum Gasteiger partial charge on any atom is 0.326 e. The van der Waals surface area contributed by atoms with E-state index in [9.17, 15) is 24.0 Å². The van der Waals surface area contributed by atoms with E-state index in [4.69, 9.17) is 16.6 Å². The molecular formula is C15H27N5O6S2. The first-order chi connectivity index (χ1) is 12.9. The lowest BCUT2D eigenvalue weighted by Crippen LogP contribution is -2.58. The normalized spacial score (nSPS) is 15.1. The summed E-state index contributed by atoms with van der Waals surface area (Å²) in [6, 6.07) is -4.76. The number of aliphatic carboxylic acids is 1. The fourth-order valence-electron chi connectivity index (χ4n) is 2.01. The minimum absolute atomic E-state index is 0.00416. The highest BCUT2D eigenvalue weighted by Gasteiger charge is 2.31. The molecule has 0 saturated heterocycles. The molecule has 4 amide bonds. The van der Waals surface area contributed by atoms with Crippen molar-refractivity contribution >= 4 is 54.9 Å². The van der Waals surface area contributed by atoms with Gasteiger partial charge in [-0.25, -0.2) is 4.79 Å². The molecule has 0 aliphatic heterocycles. The van der Waals surface area contributed by atoms with Gasteiger partial charge >= 0.3 is 5.97 Å². The van der Waals surface area contributed by atoms with Crippen molar-refractivity contribution in [1.29, 1.82) is 0 Å². The van der Waals surface area contributed by atoms with Gasteiger partial charge in [-0.2, -0.15) is 25.3 Å². The number of thiol groups is 2. The van der Waals surface area contributed by atoms with Gasteiger partial charge in [0.05, 0.1) is 12.5 Å². The fourth-order valence-corrected chi connectivity index (χ4v) is 2.43. The molecule has 0 bridgehead atoms. The number of nitrogens with one attached hydrogen (secondary N) is 3. The van der Waals surface area contributed by atoms with E-state index in [0.717, 1.165) is 0 Å². The summed E-state index contributed by atoms with van der Waals surface area (Å²) in [4.78, 5) is 59.0. The van der Waals surface area contributed by atoms with Crippen molar-refractivity contribution in [3.63, 3.8) is 0 Å². The predicted octanol–water partition coefficient (Wildman–Crippen LogP) is -2.76. The summed E-state index contributed by atoms with van der Waals surface area (Å²) < 4.78 is 0. The van der Waals surface area contributed by atoms with Crippen LogP contribution in [0.5, 0.6) is 0 Å². The van der Waals surface area contributed by atoms with Gasteiger partial charge in [-0.05, 0) is 5.92 Å². The van der Waals surface area contributed by atoms with E-state index >= 15 is 0 Å². The lowest BCUT2D eigenvalue weighted by atomic mass is 10.0. The molecule has 0 aliphatic rings. The number of carbonyl (C=O) groups excluding carboxylic acids is 4. The number of carboxylic acids is 1. The van der Waals surface area contributed by atoms with Crippen LogP contribution < -0.4 is 27.4 Å². The van der Waals surface area contributed by atoms with Crippen LogP contribution in [0.4, 0.5) is 0 Å². The molecule has 0 rings (SSSR count). The Morgan fingerprint density at radius 2 is 1.39 bits per heavy atom. The molecule has 28 heavy (non-hydrogen) atoms. The van der Waals surface area contributed by atoms with Crippen molar-refractivity contribution in [2.24, 2.45) is 17.4 Å². The van der Waals surface area contributed by atoms with Gasteiger partial charge in [-0.3, -0.25) is 19.2 Å². The summed E-state index contributed by atoms with van der Waals surface area (Å²) in [7, 11) is 0. The molecule has 13 heteroatoms. The molecular weight excluding hydrogens is 410 g/mol. The number of rotatable bonds is 12. The molecule has 11 nitrogen and oxygen atoms in total. The van der Waals surface area contributed by atoms with Gasteiger partial charge in [0.2, 0.25) is 23.6 Å². The van der Waals surface area contributed by atoms with Gasteiger partial charge in [0.1, 0.15) is 18.1 Å². The Labute approximate surface area is 173 Å². The molecule has 0 saturated carbocycles. The zero-order valence-electron chi connectivity index (χ0n) is 15.5. The maximum atomic E-state index is 12.4. The number of hydrogen-bond acceptors (Lipinski definition) is 8. The SMILES string of the molecule is CC(C)C(NC(=O)C(CS)NC(=O)C(CC(N)=O)NC(=O)C(N)CS)C(=O)O. The number of nitrogens with two attached hydrogens (primary N) is 2. The van der Waals surface area contributed by atoms with Gasteiger partial charge < -0.3 is 32.5 Å². The summed E-state index contributed by atoms with van der Waals surface area (Å²) in [5, 5.41) is 16.0. The third-order valence-corrected chi connectivity index (χ3v) is 4.38. The van der Waals surface area contributed by atoms with Crippen LogP contribution in [-0.4, -0.2) is 70.4 Å². The van der Waals surface area contributed by atoms with Gasteiger partial charge in [-0.1, -0.05) is 13.8 Å². The van der Waals surface area contributed by atoms with E-state index in [1.807, 2.05) is 0 Å². The predicted molar refractivity (Wildman–Crippen MR) is 108 cm³/mol. The Balaban J connectivity index is 5.21. The van der Waals surface area contributed by atoms with Crippen LogP contribution in [-0.2, 0) is 24.0 Å². The average molecular weight is 438 g/mol. The van der Waals surface area contributed by atoms with Crippen LogP contribution >= 0.6 is 25.3 Å². The zero-order valence-corrected chi connectivity index (χ0v) is 17.3. The zero-order chi connectivity index (χ0) is 22.0. The minimum atomic E-state index is -1.37. The average Bonchev–Trinajstić information content (AvgIpc) is 2.61. The highest BCUT2D eigenvalue weighted by molar-refractivity contribution is 7.80. The molecule has 8 N–H and O–H groups in total. The standard InChI is InChI=1S/C15H27N5O6S2/c1-6(2)11(15(25)26)20-14(24)9(5-28)19-13(23)8(3-10(17)21)18-12(22)7(16)4-27/h6-9,11,27-28H,3-5,16H2,1-2H3,(H2,17,21)(H,18,22)(H,19,23)(H,20,24)(H,25,26). The van der Waals surface area contributed by atoms with E-state index in [1.165, 1.54) is 0 Å². The number of hydrogen-bond donors (Lipinski definition) is 8. The quantitative estimate of drug-likeness (QED) is 0.151. The molecule has 0 aromatic heterocycles. The van der Waals surface area contributed by atoms with Crippen LogP contribution in [0.2, 0.25) is 0 Å². The molecule has 0 aromatic rings. The summed E-state index contributed by atoms with van der Waals surface area (Å²) in [5.41, 5.74) is 10.6. The Morgan fingerprint density at radius 3 is 1.79 bits per heavy atom. The second kappa shape index (κ2) is 12.5. The van der Waals surface area contributed by atoms with Crippen LogP contribution in [0.25, 0.3) is 0 Å². The number of primary amides is 1. The molecule has 4 atom stereocenters. The summed E-state index contributed by atoms with van der Waals surface area (Å²) >= 11 is 7.85. The topological polar surface area (TPSA) is 194 Å². The highest BCUT2D eigenvalue weighted by atomic mass is 32.1. The highest BCUT2D eigenvalue weighted by Crippen LogP contribution is 2.03. The van der Waals surface area contributed by atoms with Crippen LogP contribution in [0, 0.1) is 5.92 Å². The number of carbonyl (C=O) groups is 5. The van der Waals surface area contributed by atoms with Gasteiger partial charge in [0.25, 0.3) is 0 Å². The van der Waals surface area contributed by atoms with Crippen molar-refractivity contribution in [2.45, 2.75) is 44.4 Å². The lowest BCUT2D eigenvalue weighted by Gasteiger charge is -2.24. The van der Waals surface area contributed by atoms with Crippen molar-refractivity contribution in [1.82, 2.24) is 16.0 Å². The summed E-state index contributed by atoms with van der Waals surface area (Å²) in [6.07, 6.45) is -0.526. The van der Waals surface area contributed by atoms with E-state index < -0.39 is 66.1 Å². The Kier molecular flexibility index (Phi) is 11.6. The first kappa shape index (κ1) is 26.0. The first-order valence-corrected chi connectivity index (χ1v) is 9.60. The molecule has 4 unspecified atom stereocenters. The molecule has 0 fully saturated rings. The minimum Gasteiger partial charge on any atom is -0.480 e. The van der Waals surface area contributed by atoms with E-state index in [-0.39, 0.29) is 11.5 Å². The van der Waals surface area contributed by atoms with Crippen molar-refractivity contribution in [2.75, 3.05) is 11.5 Å². The van der Waals surface area contributed by atoms with E-state index in [1.54, 1.807) is 13.8 Å². The Hall–Kier alpha value is -1.99. The van der Waals surface area contributed by atoms with E-state index in [0.29, 0.717) is 0 Å². The molecule has 160 valence electrons. The molecule has 0 aromatic carbocycles. The van der Waals surface area contributed by atoms with Gasteiger partial charge in [0, 0.05) is 11.5 Å². The first-order valence-electron chi connectivity index (χ1n) is 8.34. The summed E-state index contributed by atoms with van der Waals surface area (Å²) in [5.74, 6) is -5.02. The van der Waals surface area contributed by atoms with E-state index in [2.05, 4.69) is 41.2 Å². The number of amides is 4. The van der Waals surface area contributed by atoms with Crippen molar-refractivity contribution < 1.29 is 29.1 Å². The van der Waals surface area contributed by atoms with Gasteiger partial charge in [0.15, 0.2) is 0 Å². The molecule has 0 radical (unpaired) electrons. The third kappa shape index (κ3) is 8.80. The van der Waals surface area contributed by atoms with Crippen molar-refractivity contribution in [3.8, 4) is 0 Å². The smallest absolute Gasteiger partial charge is 0.326 e. The second-order valence-electron chi connectivity index (χ2n) is 6.33. The maximum absolute atomic E-state index is 12.4. The van der Waals surface area contributed by atoms with Crippen LogP contribution in [0.1, 0.15) is 20.3 Å². The molecule has 0 spiro atoms. The largest absolute Gasteiger partial charge is 0.480 e. The lowest BCUT2D eigenvalue weighted by molar-refractivity contribution is -0.143. The fraction of sp³-hybridized carbons (Fsp3) is 0.667.